The van der Waals surface area contributed by atoms with Gasteiger partial charge in [0, 0.05) is 6.04 Å². The molecule has 2 saturated carbocycles. The van der Waals surface area contributed by atoms with E-state index in [-0.39, 0.29) is 12.0 Å². The lowest BCUT2D eigenvalue weighted by Gasteiger charge is -2.33. The maximum Gasteiger partial charge on any atom is 0.308 e. The number of carboxylic acid groups (broad SMARTS) is 1. The van der Waals surface area contributed by atoms with Crippen LogP contribution in [0.3, 0.4) is 0 Å². The van der Waals surface area contributed by atoms with Crippen molar-refractivity contribution < 1.29 is 9.90 Å². The smallest absolute Gasteiger partial charge is 0.308 e. The minimum Gasteiger partial charge on any atom is -0.481 e. The second-order valence-electron chi connectivity index (χ2n) is 4.65. The number of hydrogen-bond acceptors (Lipinski definition) is 2. The zero-order valence-electron chi connectivity index (χ0n) is 8.23. The minimum absolute atomic E-state index is 0.103. The van der Waals surface area contributed by atoms with E-state index in [0.717, 1.165) is 12.8 Å². The Bertz CT molecular complexity index is 227. The number of nitrogens with zero attached hydrogens (tertiary/aromatic N) is 1. The van der Waals surface area contributed by atoms with Crippen LogP contribution in [0, 0.1) is 17.8 Å². The molecule has 13 heavy (non-hydrogen) atoms. The Balaban J connectivity index is 2.20. The minimum atomic E-state index is -0.592. The fourth-order valence-electron chi connectivity index (χ4n) is 3.35. The van der Waals surface area contributed by atoms with Crippen LogP contribution in [0.25, 0.3) is 0 Å². The van der Waals surface area contributed by atoms with Crippen molar-refractivity contribution in [3.05, 3.63) is 0 Å². The first kappa shape index (κ1) is 9.00. The average molecular weight is 183 g/mol. The van der Waals surface area contributed by atoms with Gasteiger partial charge in [-0.25, -0.2) is 0 Å². The molecular weight excluding hydrogens is 166 g/mol. The van der Waals surface area contributed by atoms with E-state index in [4.69, 9.17) is 5.11 Å². The first-order chi connectivity index (χ1) is 6.11. The molecule has 0 aromatic rings. The van der Waals surface area contributed by atoms with Gasteiger partial charge in [-0.2, -0.15) is 0 Å². The molecule has 4 atom stereocenters. The number of carboxylic acids is 1. The summed E-state index contributed by atoms with van der Waals surface area (Å²) in [5, 5.41) is 9.13. The van der Waals surface area contributed by atoms with Gasteiger partial charge in [-0.15, -0.1) is 0 Å². The molecule has 1 N–H and O–H groups in total. The molecule has 0 aliphatic heterocycles. The molecule has 0 aromatic carbocycles. The van der Waals surface area contributed by atoms with Crippen LogP contribution < -0.4 is 0 Å². The van der Waals surface area contributed by atoms with Crippen LogP contribution in [0.1, 0.15) is 19.3 Å². The Morgan fingerprint density at radius 2 is 1.92 bits per heavy atom. The zero-order valence-corrected chi connectivity index (χ0v) is 8.23. The lowest BCUT2D eigenvalue weighted by Crippen LogP contribution is -2.43. The Labute approximate surface area is 78.7 Å². The first-order valence-electron chi connectivity index (χ1n) is 5.00. The molecule has 3 heteroatoms. The summed E-state index contributed by atoms with van der Waals surface area (Å²) in [7, 11) is 4.00. The quantitative estimate of drug-likeness (QED) is 0.695. The van der Waals surface area contributed by atoms with Crippen molar-refractivity contribution in [2.24, 2.45) is 17.8 Å². The highest BCUT2D eigenvalue weighted by molar-refractivity contribution is 5.72. The normalized spacial score (nSPS) is 43.0. The SMILES string of the molecule is CN(C)C1C2CCC(C2)C1C(=O)O. The van der Waals surface area contributed by atoms with Gasteiger partial charge in [-0.3, -0.25) is 4.79 Å². The van der Waals surface area contributed by atoms with Crippen LogP contribution >= 0.6 is 0 Å². The Kier molecular flexibility index (Phi) is 2.06. The van der Waals surface area contributed by atoms with Crippen molar-refractivity contribution in [2.45, 2.75) is 25.3 Å². The van der Waals surface area contributed by atoms with Gasteiger partial charge >= 0.3 is 5.97 Å². The lowest BCUT2D eigenvalue weighted by atomic mass is 9.84. The van der Waals surface area contributed by atoms with E-state index in [1.54, 1.807) is 0 Å². The molecule has 2 aliphatic rings. The first-order valence-corrected chi connectivity index (χ1v) is 5.00. The van der Waals surface area contributed by atoms with Gasteiger partial charge in [0.15, 0.2) is 0 Å². The Morgan fingerprint density at radius 3 is 2.38 bits per heavy atom. The van der Waals surface area contributed by atoms with Crippen LogP contribution in [-0.4, -0.2) is 36.1 Å². The molecule has 0 radical (unpaired) electrons. The lowest BCUT2D eigenvalue weighted by molar-refractivity contribution is -0.145. The van der Waals surface area contributed by atoms with Gasteiger partial charge < -0.3 is 10.0 Å². The molecular formula is C10H17NO2. The van der Waals surface area contributed by atoms with Crippen molar-refractivity contribution in [3.8, 4) is 0 Å². The third kappa shape index (κ3) is 1.26. The summed E-state index contributed by atoms with van der Waals surface area (Å²) >= 11 is 0. The van der Waals surface area contributed by atoms with Gasteiger partial charge in [-0.05, 0) is 45.2 Å². The predicted octanol–water partition coefficient (Wildman–Crippen LogP) is 1.05. The molecule has 4 unspecified atom stereocenters. The predicted molar refractivity (Wildman–Crippen MR) is 49.4 cm³/mol. The highest BCUT2D eigenvalue weighted by Gasteiger charge is 2.51. The van der Waals surface area contributed by atoms with E-state index in [1.807, 2.05) is 14.1 Å². The summed E-state index contributed by atoms with van der Waals surface area (Å²) in [6.45, 7) is 0. The van der Waals surface area contributed by atoms with Crippen molar-refractivity contribution >= 4 is 5.97 Å². The molecule has 2 rings (SSSR count). The zero-order chi connectivity index (χ0) is 9.59. The fraction of sp³-hybridized carbons (Fsp3) is 0.900. The molecule has 3 nitrogen and oxygen atoms in total. The molecule has 2 bridgehead atoms. The standard InChI is InChI=1S/C10H17NO2/c1-11(2)9-7-4-3-6(5-7)8(9)10(12)13/h6-9H,3-5H2,1-2H3,(H,12,13). The third-order valence-corrected chi connectivity index (χ3v) is 3.75. The van der Waals surface area contributed by atoms with E-state index < -0.39 is 5.97 Å². The van der Waals surface area contributed by atoms with Gasteiger partial charge in [0.2, 0.25) is 0 Å². The van der Waals surface area contributed by atoms with E-state index in [1.165, 1.54) is 6.42 Å². The second-order valence-corrected chi connectivity index (χ2v) is 4.65. The van der Waals surface area contributed by atoms with Crippen LogP contribution in [0.4, 0.5) is 0 Å². The van der Waals surface area contributed by atoms with Crippen LogP contribution in [-0.2, 0) is 4.79 Å². The molecule has 0 saturated heterocycles. The Morgan fingerprint density at radius 1 is 1.31 bits per heavy atom. The molecule has 0 spiro atoms. The van der Waals surface area contributed by atoms with Crippen molar-refractivity contribution in [1.29, 1.82) is 0 Å². The molecule has 0 amide bonds. The van der Waals surface area contributed by atoms with Gasteiger partial charge in [0.1, 0.15) is 0 Å². The van der Waals surface area contributed by atoms with Crippen LogP contribution in [0.5, 0.6) is 0 Å². The summed E-state index contributed by atoms with van der Waals surface area (Å²) in [5.74, 6) is 0.399. The van der Waals surface area contributed by atoms with Gasteiger partial charge in [-0.1, -0.05) is 0 Å². The van der Waals surface area contributed by atoms with Crippen LogP contribution in [0.15, 0.2) is 0 Å². The molecule has 0 aromatic heterocycles. The number of fused-ring (bicyclic) bond motifs is 2. The molecule has 2 aliphatic carbocycles. The monoisotopic (exact) mass is 183 g/mol. The maximum absolute atomic E-state index is 11.1. The van der Waals surface area contributed by atoms with Gasteiger partial charge in [0.05, 0.1) is 5.92 Å². The largest absolute Gasteiger partial charge is 0.481 e. The van der Waals surface area contributed by atoms with Crippen molar-refractivity contribution in [2.75, 3.05) is 14.1 Å². The van der Waals surface area contributed by atoms with Gasteiger partial charge in [0.25, 0.3) is 0 Å². The second kappa shape index (κ2) is 2.98. The fourth-order valence-corrected chi connectivity index (χ4v) is 3.35. The summed E-state index contributed by atoms with van der Waals surface area (Å²) in [4.78, 5) is 13.2. The number of rotatable bonds is 2. The summed E-state index contributed by atoms with van der Waals surface area (Å²) in [6.07, 6.45) is 3.50. The number of carbonyl (C=O) groups is 1. The molecule has 2 fully saturated rings. The summed E-state index contributed by atoms with van der Waals surface area (Å²) in [6, 6.07) is 0.288. The third-order valence-electron chi connectivity index (χ3n) is 3.75. The maximum atomic E-state index is 11.1. The van der Waals surface area contributed by atoms with Crippen LogP contribution in [0.2, 0.25) is 0 Å². The summed E-state index contributed by atoms with van der Waals surface area (Å²) in [5.41, 5.74) is 0. The highest BCUT2D eigenvalue weighted by atomic mass is 16.4. The van der Waals surface area contributed by atoms with E-state index in [9.17, 15) is 4.79 Å². The van der Waals surface area contributed by atoms with Crippen molar-refractivity contribution in [1.82, 2.24) is 4.90 Å². The Hall–Kier alpha value is -0.570. The average Bonchev–Trinajstić information content (AvgIpc) is 2.60. The number of hydrogen-bond donors (Lipinski definition) is 1. The van der Waals surface area contributed by atoms with Crippen molar-refractivity contribution in [3.63, 3.8) is 0 Å². The van der Waals surface area contributed by atoms with E-state index in [0.29, 0.717) is 11.8 Å². The summed E-state index contributed by atoms with van der Waals surface area (Å²) < 4.78 is 0. The number of aliphatic carboxylic acids is 1. The van der Waals surface area contributed by atoms with E-state index >= 15 is 0 Å². The topological polar surface area (TPSA) is 40.5 Å². The van der Waals surface area contributed by atoms with E-state index in [2.05, 4.69) is 4.90 Å². The highest BCUT2D eigenvalue weighted by Crippen LogP contribution is 2.49. The molecule has 74 valence electrons. The molecule has 0 heterocycles.